The second-order valence-electron chi connectivity index (χ2n) is 4.35. The predicted octanol–water partition coefficient (Wildman–Crippen LogP) is 1.59. The summed E-state index contributed by atoms with van der Waals surface area (Å²) in [5.74, 6) is 0.298. The van der Waals surface area contributed by atoms with Gasteiger partial charge in [-0.05, 0) is 19.1 Å². The number of hydrogen-bond donors (Lipinski definition) is 1. The molecule has 0 saturated carbocycles. The molecule has 1 atom stereocenters. The Bertz CT molecular complexity index is 519. The molecule has 102 valence electrons. The molecule has 1 aliphatic heterocycles. The molecule has 1 aromatic carbocycles. The van der Waals surface area contributed by atoms with E-state index in [1.807, 2.05) is 0 Å². The van der Waals surface area contributed by atoms with Crippen molar-refractivity contribution in [1.29, 1.82) is 0 Å². The zero-order valence-electron chi connectivity index (χ0n) is 10.8. The third-order valence-corrected chi connectivity index (χ3v) is 3.34. The Hall–Kier alpha value is -1.75. The van der Waals surface area contributed by atoms with E-state index in [0.29, 0.717) is 23.0 Å². The van der Waals surface area contributed by atoms with Gasteiger partial charge in [-0.1, -0.05) is 11.6 Å². The fourth-order valence-corrected chi connectivity index (χ4v) is 2.22. The fourth-order valence-electron chi connectivity index (χ4n) is 2.00. The van der Waals surface area contributed by atoms with E-state index in [2.05, 4.69) is 5.32 Å². The summed E-state index contributed by atoms with van der Waals surface area (Å²) in [5, 5.41) is 3.09. The lowest BCUT2D eigenvalue weighted by Gasteiger charge is -2.23. The van der Waals surface area contributed by atoms with Crippen molar-refractivity contribution in [3.05, 3.63) is 23.2 Å². The summed E-state index contributed by atoms with van der Waals surface area (Å²) in [4.78, 5) is 25.3. The Balaban J connectivity index is 2.38. The maximum absolute atomic E-state index is 12.3. The topological polar surface area (TPSA) is 58.6 Å². The summed E-state index contributed by atoms with van der Waals surface area (Å²) in [5.41, 5.74) is 0.564. The molecule has 1 heterocycles. The molecule has 1 unspecified atom stereocenters. The Kier molecular flexibility index (Phi) is 3.95. The molecule has 1 aliphatic rings. The lowest BCUT2D eigenvalue weighted by Crippen LogP contribution is -2.42. The standard InChI is InChI=1S/C13H15ClN2O3/c1-8-13(18)16(6-5-12(17)15-8)11-7-9(19-2)3-4-10(11)14/h3-4,7-8H,5-6H2,1-2H3,(H,15,17). The molecule has 1 fully saturated rings. The number of carbonyl (C=O) groups is 2. The van der Waals surface area contributed by atoms with E-state index < -0.39 is 6.04 Å². The molecule has 0 spiro atoms. The van der Waals surface area contributed by atoms with Crippen molar-refractivity contribution in [2.75, 3.05) is 18.6 Å². The van der Waals surface area contributed by atoms with Crippen LogP contribution in [0.15, 0.2) is 18.2 Å². The Labute approximate surface area is 116 Å². The number of rotatable bonds is 2. The van der Waals surface area contributed by atoms with Crippen molar-refractivity contribution < 1.29 is 14.3 Å². The average Bonchev–Trinajstić information content (AvgIpc) is 2.51. The number of nitrogens with one attached hydrogen (secondary N) is 1. The molecule has 0 aliphatic carbocycles. The van der Waals surface area contributed by atoms with Crippen molar-refractivity contribution in [3.8, 4) is 5.75 Å². The summed E-state index contributed by atoms with van der Waals surface area (Å²) in [6.07, 6.45) is 0.254. The number of ether oxygens (including phenoxy) is 1. The van der Waals surface area contributed by atoms with Crippen molar-refractivity contribution in [2.45, 2.75) is 19.4 Å². The molecule has 6 heteroatoms. The third-order valence-electron chi connectivity index (χ3n) is 3.02. The smallest absolute Gasteiger partial charge is 0.249 e. The highest BCUT2D eigenvalue weighted by Gasteiger charge is 2.28. The van der Waals surface area contributed by atoms with Crippen LogP contribution in [0.5, 0.6) is 5.75 Å². The largest absolute Gasteiger partial charge is 0.497 e. The van der Waals surface area contributed by atoms with Gasteiger partial charge in [0.05, 0.1) is 17.8 Å². The first-order chi connectivity index (χ1) is 9.02. The SMILES string of the molecule is COc1ccc(Cl)c(N2CCC(=O)NC(C)C2=O)c1. The van der Waals surface area contributed by atoms with Gasteiger partial charge >= 0.3 is 0 Å². The van der Waals surface area contributed by atoms with Crippen LogP contribution >= 0.6 is 11.6 Å². The third kappa shape index (κ3) is 2.81. The number of benzene rings is 1. The van der Waals surface area contributed by atoms with Gasteiger partial charge in [0, 0.05) is 19.0 Å². The zero-order chi connectivity index (χ0) is 14.0. The summed E-state index contributed by atoms with van der Waals surface area (Å²) >= 11 is 6.13. The van der Waals surface area contributed by atoms with Crippen molar-refractivity contribution in [2.24, 2.45) is 0 Å². The lowest BCUT2D eigenvalue weighted by molar-refractivity contribution is -0.125. The number of anilines is 1. The van der Waals surface area contributed by atoms with Gasteiger partial charge in [0.25, 0.3) is 0 Å². The van der Waals surface area contributed by atoms with Crippen LogP contribution in [0.2, 0.25) is 5.02 Å². The molecule has 2 amide bonds. The number of nitrogens with zero attached hydrogens (tertiary/aromatic N) is 1. The van der Waals surface area contributed by atoms with Gasteiger partial charge in [-0.25, -0.2) is 0 Å². The van der Waals surface area contributed by atoms with Crippen LogP contribution in [-0.2, 0) is 9.59 Å². The minimum Gasteiger partial charge on any atom is -0.497 e. The van der Waals surface area contributed by atoms with E-state index in [9.17, 15) is 9.59 Å². The van der Waals surface area contributed by atoms with E-state index in [0.717, 1.165) is 0 Å². The number of hydrogen-bond acceptors (Lipinski definition) is 3. The van der Waals surface area contributed by atoms with E-state index in [1.165, 1.54) is 4.90 Å². The van der Waals surface area contributed by atoms with Gasteiger partial charge in [0.1, 0.15) is 11.8 Å². The Morgan fingerprint density at radius 2 is 2.16 bits per heavy atom. The van der Waals surface area contributed by atoms with Gasteiger partial charge in [-0.3, -0.25) is 9.59 Å². The highest BCUT2D eigenvalue weighted by atomic mass is 35.5. The van der Waals surface area contributed by atoms with Crippen LogP contribution in [-0.4, -0.2) is 31.5 Å². The first-order valence-electron chi connectivity index (χ1n) is 5.97. The normalized spacial score (nSPS) is 19.9. The van der Waals surface area contributed by atoms with Gasteiger partial charge in [-0.15, -0.1) is 0 Å². The molecule has 1 saturated heterocycles. The van der Waals surface area contributed by atoms with Gasteiger partial charge in [0.2, 0.25) is 11.8 Å². The minimum absolute atomic E-state index is 0.137. The first-order valence-corrected chi connectivity index (χ1v) is 6.35. The average molecular weight is 283 g/mol. The molecular formula is C13H15ClN2O3. The van der Waals surface area contributed by atoms with Crippen LogP contribution < -0.4 is 15.0 Å². The Morgan fingerprint density at radius 1 is 1.42 bits per heavy atom. The number of methoxy groups -OCH3 is 1. The molecule has 2 rings (SSSR count). The molecule has 1 aromatic rings. The molecule has 0 radical (unpaired) electrons. The molecule has 0 aromatic heterocycles. The monoisotopic (exact) mass is 282 g/mol. The summed E-state index contributed by atoms with van der Waals surface area (Å²) in [6.45, 7) is 1.97. The molecule has 0 bridgehead atoms. The van der Waals surface area contributed by atoms with Crippen LogP contribution in [0.3, 0.4) is 0 Å². The second kappa shape index (κ2) is 5.48. The van der Waals surface area contributed by atoms with Crippen LogP contribution in [0.1, 0.15) is 13.3 Å². The highest BCUT2D eigenvalue weighted by molar-refractivity contribution is 6.34. The van der Waals surface area contributed by atoms with E-state index in [-0.39, 0.29) is 18.2 Å². The summed E-state index contributed by atoms with van der Waals surface area (Å²) in [6, 6.07) is 4.54. The molecular weight excluding hydrogens is 268 g/mol. The van der Waals surface area contributed by atoms with Crippen LogP contribution in [0.4, 0.5) is 5.69 Å². The van der Waals surface area contributed by atoms with Gasteiger partial charge < -0.3 is 15.0 Å². The van der Waals surface area contributed by atoms with E-state index in [4.69, 9.17) is 16.3 Å². The molecule has 5 nitrogen and oxygen atoms in total. The van der Waals surface area contributed by atoms with Gasteiger partial charge in [0.15, 0.2) is 0 Å². The maximum atomic E-state index is 12.3. The second-order valence-corrected chi connectivity index (χ2v) is 4.75. The quantitative estimate of drug-likeness (QED) is 0.896. The lowest BCUT2D eigenvalue weighted by atomic mass is 10.2. The van der Waals surface area contributed by atoms with Gasteiger partial charge in [-0.2, -0.15) is 0 Å². The van der Waals surface area contributed by atoms with E-state index >= 15 is 0 Å². The molecule has 1 N–H and O–H groups in total. The number of carbonyl (C=O) groups excluding carboxylic acids is 2. The summed E-state index contributed by atoms with van der Waals surface area (Å²) < 4.78 is 5.14. The zero-order valence-corrected chi connectivity index (χ0v) is 11.5. The number of halogens is 1. The molecule has 19 heavy (non-hydrogen) atoms. The van der Waals surface area contributed by atoms with Crippen molar-refractivity contribution in [3.63, 3.8) is 0 Å². The maximum Gasteiger partial charge on any atom is 0.249 e. The van der Waals surface area contributed by atoms with Crippen molar-refractivity contribution in [1.82, 2.24) is 5.32 Å². The predicted molar refractivity (Wildman–Crippen MR) is 72.6 cm³/mol. The highest BCUT2D eigenvalue weighted by Crippen LogP contribution is 2.31. The van der Waals surface area contributed by atoms with Crippen molar-refractivity contribution >= 4 is 29.1 Å². The van der Waals surface area contributed by atoms with E-state index in [1.54, 1.807) is 32.2 Å². The number of amides is 2. The van der Waals surface area contributed by atoms with Crippen LogP contribution in [0, 0.1) is 0 Å². The summed E-state index contributed by atoms with van der Waals surface area (Å²) in [7, 11) is 1.55. The fraction of sp³-hybridized carbons (Fsp3) is 0.385. The Morgan fingerprint density at radius 3 is 2.84 bits per heavy atom. The van der Waals surface area contributed by atoms with Crippen LogP contribution in [0.25, 0.3) is 0 Å². The first kappa shape index (κ1) is 13.7. The minimum atomic E-state index is -0.558.